The van der Waals surface area contributed by atoms with E-state index in [9.17, 15) is 19.2 Å². The standard InChI is InChI=1S/C10H18N4O4.C9H16N4O4/c1-10(2,3)18-9(16)13-7(6-12-14-11)5-8(15)17-4;1-9(2,3)17-8(16)12-6(4-7(14)15)5-11-13-10/h7H,5-6H2,1-4H3,(H,13,16);6H,4-5H2,1-3H3,(H,12,16)(H,14,15). The number of rotatable bonds is 10. The molecular weight excluding hydrogens is 468 g/mol. The van der Waals surface area contributed by atoms with Gasteiger partial charge in [0.05, 0.1) is 20.0 Å². The molecule has 2 unspecified atom stereocenters. The molecule has 0 aromatic carbocycles. The van der Waals surface area contributed by atoms with E-state index >= 15 is 0 Å². The van der Waals surface area contributed by atoms with Gasteiger partial charge in [-0.3, -0.25) is 9.59 Å². The largest absolute Gasteiger partial charge is 0.481 e. The van der Waals surface area contributed by atoms with Crippen molar-refractivity contribution < 1.29 is 38.5 Å². The van der Waals surface area contributed by atoms with E-state index in [4.69, 9.17) is 25.6 Å². The highest BCUT2D eigenvalue weighted by Crippen LogP contribution is 2.08. The first-order valence-corrected chi connectivity index (χ1v) is 10.3. The van der Waals surface area contributed by atoms with Crippen LogP contribution in [0.3, 0.4) is 0 Å². The predicted octanol–water partition coefficient (Wildman–Crippen LogP) is 3.42. The number of aliphatic carboxylic acids is 1. The monoisotopic (exact) mass is 502 g/mol. The Balaban J connectivity index is 0. The maximum Gasteiger partial charge on any atom is 0.407 e. The van der Waals surface area contributed by atoms with Gasteiger partial charge in [0.2, 0.25) is 0 Å². The van der Waals surface area contributed by atoms with Crippen LogP contribution in [0.25, 0.3) is 20.9 Å². The first kappa shape index (κ1) is 33.3. The van der Waals surface area contributed by atoms with Gasteiger partial charge < -0.3 is 30.0 Å². The van der Waals surface area contributed by atoms with E-state index in [0.717, 1.165) is 0 Å². The Morgan fingerprint density at radius 3 is 1.49 bits per heavy atom. The quantitative estimate of drug-likeness (QED) is 0.131. The van der Waals surface area contributed by atoms with E-state index in [0.29, 0.717) is 0 Å². The molecule has 0 aromatic rings. The van der Waals surface area contributed by atoms with Crippen LogP contribution in [0.2, 0.25) is 0 Å². The van der Waals surface area contributed by atoms with Crippen LogP contribution in [0.15, 0.2) is 10.2 Å². The SMILES string of the molecule is CC(C)(C)OC(=O)NC(CN=[N+]=[N-])CC(=O)O.COC(=O)CC(CN=[N+]=[N-])NC(=O)OC(C)(C)C. The van der Waals surface area contributed by atoms with Gasteiger partial charge in [0.15, 0.2) is 0 Å². The van der Waals surface area contributed by atoms with Gasteiger partial charge in [-0.2, -0.15) is 0 Å². The number of hydrogen-bond donors (Lipinski definition) is 3. The highest BCUT2D eigenvalue weighted by Gasteiger charge is 2.22. The topological polar surface area (TPSA) is 238 Å². The average Bonchev–Trinajstić information content (AvgIpc) is 2.67. The Bertz CT molecular complexity index is 805. The lowest BCUT2D eigenvalue weighted by Crippen LogP contribution is -2.41. The molecule has 198 valence electrons. The molecule has 0 aliphatic heterocycles. The van der Waals surface area contributed by atoms with Crippen LogP contribution >= 0.6 is 0 Å². The predicted molar refractivity (Wildman–Crippen MR) is 123 cm³/mol. The fourth-order valence-corrected chi connectivity index (χ4v) is 2.04. The van der Waals surface area contributed by atoms with Crippen molar-refractivity contribution in [3.05, 3.63) is 20.9 Å². The lowest BCUT2D eigenvalue weighted by molar-refractivity contribution is -0.141. The molecule has 0 aromatic heterocycles. The van der Waals surface area contributed by atoms with E-state index in [1.54, 1.807) is 41.5 Å². The van der Waals surface area contributed by atoms with Gasteiger partial charge in [-0.15, -0.1) is 0 Å². The lowest BCUT2D eigenvalue weighted by Gasteiger charge is -2.22. The van der Waals surface area contributed by atoms with Crippen molar-refractivity contribution in [2.45, 2.75) is 77.7 Å². The second-order valence-corrected chi connectivity index (χ2v) is 8.89. The smallest absolute Gasteiger partial charge is 0.407 e. The van der Waals surface area contributed by atoms with Crippen molar-refractivity contribution in [2.24, 2.45) is 10.2 Å². The minimum absolute atomic E-state index is 0.0508. The zero-order valence-corrected chi connectivity index (χ0v) is 21.0. The summed E-state index contributed by atoms with van der Waals surface area (Å²) < 4.78 is 14.5. The van der Waals surface area contributed by atoms with Crippen LogP contribution in [0.1, 0.15) is 54.4 Å². The van der Waals surface area contributed by atoms with Crippen molar-refractivity contribution in [2.75, 3.05) is 20.2 Å². The highest BCUT2D eigenvalue weighted by molar-refractivity contribution is 5.73. The van der Waals surface area contributed by atoms with Crippen LogP contribution in [0.5, 0.6) is 0 Å². The number of carboxylic acid groups (broad SMARTS) is 1. The summed E-state index contributed by atoms with van der Waals surface area (Å²) in [7, 11) is 1.24. The molecule has 35 heavy (non-hydrogen) atoms. The Kier molecular flexibility index (Phi) is 15.9. The molecule has 0 bridgehead atoms. The number of nitrogens with zero attached hydrogens (tertiary/aromatic N) is 6. The third-order valence-electron chi connectivity index (χ3n) is 3.23. The minimum Gasteiger partial charge on any atom is -0.481 e. The Labute approximate surface area is 202 Å². The molecule has 2 amide bonds. The summed E-state index contributed by atoms with van der Waals surface area (Å²) in [5, 5.41) is 19.9. The molecule has 0 aliphatic rings. The number of ether oxygens (including phenoxy) is 3. The van der Waals surface area contributed by atoms with Crippen molar-refractivity contribution in [3.63, 3.8) is 0 Å². The maximum absolute atomic E-state index is 11.5. The molecule has 2 atom stereocenters. The van der Waals surface area contributed by atoms with E-state index in [-0.39, 0.29) is 25.9 Å². The molecular formula is C19H34N8O8. The normalized spacial score (nSPS) is 12.1. The summed E-state index contributed by atoms with van der Waals surface area (Å²) >= 11 is 0. The number of nitrogens with one attached hydrogen (secondary N) is 2. The van der Waals surface area contributed by atoms with Crippen molar-refractivity contribution in [3.8, 4) is 0 Å². The average molecular weight is 503 g/mol. The van der Waals surface area contributed by atoms with Gasteiger partial charge in [0, 0.05) is 35.0 Å². The summed E-state index contributed by atoms with van der Waals surface area (Å²) in [6.45, 7) is 10.0. The van der Waals surface area contributed by atoms with E-state index in [1.807, 2.05) is 0 Å². The van der Waals surface area contributed by atoms with Crippen LogP contribution < -0.4 is 10.6 Å². The van der Waals surface area contributed by atoms with Gasteiger partial charge in [-0.05, 0) is 52.6 Å². The number of carbonyl (C=O) groups is 4. The molecule has 0 fully saturated rings. The molecule has 0 spiro atoms. The molecule has 0 heterocycles. The first-order chi connectivity index (χ1) is 16.0. The number of carboxylic acids is 1. The summed E-state index contributed by atoms with van der Waals surface area (Å²) in [6.07, 6.45) is -1.84. The Morgan fingerprint density at radius 2 is 1.20 bits per heavy atom. The van der Waals surface area contributed by atoms with Crippen LogP contribution in [-0.2, 0) is 23.8 Å². The molecule has 0 rings (SSSR count). The molecule has 0 saturated carbocycles. The van der Waals surface area contributed by atoms with E-state index in [2.05, 4.69) is 35.4 Å². The van der Waals surface area contributed by atoms with Gasteiger partial charge in [-0.25, -0.2) is 9.59 Å². The fraction of sp³-hybridized carbons (Fsp3) is 0.789. The first-order valence-electron chi connectivity index (χ1n) is 10.3. The zero-order chi connectivity index (χ0) is 27.7. The third-order valence-corrected chi connectivity index (χ3v) is 3.23. The summed E-state index contributed by atoms with van der Waals surface area (Å²) in [5.74, 6) is -1.61. The second-order valence-electron chi connectivity index (χ2n) is 8.89. The van der Waals surface area contributed by atoms with E-state index in [1.165, 1.54) is 7.11 Å². The van der Waals surface area contributed by atoms with Crippen molar-refractivity contribution >= 4 is 24.1 Å². The second kappa shape index (κ2) is 16.7. The number of hydrogen-bond acceptors (Lipinski definition) is 9. The highest BCUT2D eigenvalue weighted by atomic mass is 16.6. The van der Waals surface area contributed by atoms with Crippen LogP contribution in [0.4, 0.5) is 9.59 Å². The van der Waals surface area contributed by atoms with Gasteiger partial charge in [0.1, 0.15) is 11.2 Å². The van der Waals surface area contributed by atoms with Crippen LogP contribution in [0, 0.1) is 0 Å². The number of azide groups is 2. The Morgan fingerprint density at radius 1 is 0.829 bits per heavy atom. The number of methoxy groups -OCH3 is 1. The summed E-state index contributed by atoms with van der Waals surface area (Å²) in [5.41, 5.74) is 15.1. The van der Waals surface area contributed by atoms with Crippen molar-refractivity contribution in [1.29, 1.82) is 0 Å². The minimum atomic E-state index is -1.10. The number of alkyl carbamates (subject to hydrolysis) is 2. The maximum atomic E-state index is 11.5. The molecule has 16 heteroatoms. The van der Waals surface area contributed by atoms with Crippen LogP contribution in [-0.4, -0.2) is 72.7 Å². The van der Waals surface area contributed by atoms with Gasteiger partial charge >= 0.3 is 24.1 Å². The summed E-state index contributed by atoms with van der Waals surface area (Å²) in [4.78, 5) is 49.5. The number of esters is 1. The number of amides is 2. The molecule has 0 aliphatic carbocycles. The molecule has 0 radical (unpaired) electrons. The van der Waals surface area contributed by atoms with Gasteiger partial charge in [0.25, 0.3) is 0 Å². The fourth-order valence-electron chi connectivity index (χ4n) is 2.04. The number of carbonyl (C=O) groups excluding carboxylic acids is 3. The molecule has 0 saturated heterocycles. The third kappa shape index (κ3) is 23.1. The lowest BCUT2D eigenvalue weighted by atomic mass is 10.2. The zero-order valence-electron chi connectivity index (χ0n) is 21.0. The van der Waals surface area contributed by atoms with Gasteiger partial charge in [-0.1, -0.05) is 10.2 Å². The molecule has 16 nitrogen and oxygen atoms in total. The molecule has 3 N–H and O–H groups in total. The van der Waals surface area contributed by atoms with Crippen molar-refractivity contribution in [1.82, 2.24) is 10.6 Å². The van der Waals surface area contributed by atoms with E-state index < -0.39 is 47.4 Å². The Hall–Kier alpha value is -3.90. The summed E-state index contributed by atoms with van der Waals surface area (Å²) in [6, 6.07) is -1.43.